The predicted molar refractivity (Wildman–Crippen MR) is 441 cm³/mol. The van der Waals surface area contributed by atoms with Gasteiger partial charge in [-0.25, -0.2) is 24.0 Å². The van der Waals surface area contributed by atoms with E-state index in [-0.39, 0.29) is 62.9 Å². The Hall–Kier alpha value is -7.65. The van der Waals surface area contributed by atoms with Crippen molar-refractivity contribution in [3.05, 3.63) is 144 Å². The van der Waals surface area contributed by atoms with Gasteiger partial charge in [0, 0.05) is 37.8 Å². The zero-order valence-corrected chi connectivity index (χ0v) is 74.2. The molecule has 4 N–H and O–H groups in total. The first-order valence-electron chi connectivity index (χ1n) is 42.0. The van der Waals surface area contributed by atoms with Crippen LogP contribution in [0.1, 0.15) is 172 Å². The third kappa shape index (κ3) is 23.5. The number of amides is 2. The van der Waals surface area contributed by atoms with E-state index in [0.29, 0.717) is 19.3 Å². The number of aliphatic hydroxyl groups is 4. The average Bonchev–Trinajstić information content (AvgIpc) is 1.60. The molecule has 7 heterocycles. The van der Waals surface area contributed by atoms with Crippen molar-refractivity contribution < 1.29 is 130 Å². The van der Waals surface area contributed by atoms with Crippen molar-refractivity contribution in [1.29, 1.82) is 0 Å². The highest BCUT2D eigenvalue weighted by molar-refractivity contribution is 6.40. The molecular weight excluding hydrogens is 1610 g/mol. The summed E-state index contributed by atoms with van der Waals surface area (Å²) >= 11 is 9.53. The van der Waals surface area contributed by atoms with Crippen LogP contribution in [-0.4, -0.2) is 225 Å². The number of ether oxygens (including phenoxy) is 16. The molecule has 7 aliphatic heterocycles. The van der Waals surface area contributed by atoms with Crippen LogP contribution in [0.2, 0.25) is 0 Å². The van der Waals surface area contributed by atoms with E-state index in [9.17, 15) is 54.0 Å². The SMILES string of the molecule is CC[C@@H](O)[C@@](C)(O)[C@@H]1OC(=O)[C@H](C)[C@@H](O)[C@H](C)[C@@H](O[C@@H]2OC(C)CC(N(C)C(=O)OCc3ccccc3)C2OC(=O)OCc2ccccc2)[C@]2(C)CC(C)C(O2)[C@@H]1C.CC[C@H]1OC(=O)O[C@@]1(C)[C@@H]1OC(=O)[C@H](C)[C@@H](O)[C@H](C)[C@@H](O[C@@H]2OC(C)CC(N(C)C(=O)OCc3ccccc3)C2OC(=O)OCc2ccccc2)[C@]2(C)CC(C)C(O2)[C@@H]1C.ClCCl. The number of alkyl halides is 2. The molecule has 29 nitrogen and oxygen atoms in total. The molecule has 4 bridgehead atoms. The molecule has 0 spiro atoms. The number of hydrogen-bond donors (Lipinski definition) is 4. The summed E-state index contributed by atoms with van der Waals surface area (Å²) in [6, 6.07) is 35.1. The first-order valence-corrected chi connectivity index (χ1v) is 43.1. The number of fused-ring (bicyclic) bond motifs is 4. The molecule has 31 heteroatoms. The highest BCUT2D eigenvalue weighted by Gasteiger charge is 2.63. The van der Waals surface area contributed by atoms with Gasteiger partial charge in [-0.1, -0.05) is 177 Å². The van der Waals surface area contributed by atoms with E-state index in [1.807, 2.05) is 184 Å². The first-order chi connectivity index (χ1) is 57.2. The zero-order chi connectivity index (χ0) is 88.8. The Morgan fingerprint density at radius 3 is 1.26 bits per heavy atom. The lowest BCUT2D eigenvalue weighted by Gasteiger charge is -2.47. The number of esters is 2. The lowest BCUT2D eigenvalue weighted by Crippen LogP contribution is -2.61. The van der Waals surface area contributed by atoms with Crippen LogP contribution in [0.4, 0.5) is 24.0 Å². The lowest BCUT2D eigenvalue weighted by molar-refractivity contribution is -0.301. The number of cyclic esters (lactones) is 4. The average molecular weight is 1740 g/mol. The van der Waals surface area contributed by atoms with Crippen molar-refractivity contribution in [2.24, 2.45) is 47.3 Å². The summed E-state index contributed by atoms with van der Waals surface area (Å²) in [6.07, 6.45) is -18.1. The molecule has 10 unspecified atom stereocenters. The molecule has 0 aromatic heterocycles. The van der Waals surface area contributed by atoms with E-state index in [1.54, 1.807) is 48.7 Å². The second-order valence-electron chi connectivity index (χ2n) is 34.5. The van der Waals surface area contributed by atoms with Crippen LogP contribution in [-0.2, 0) is 112 Å². The normalized spacial score (nSPS) is 36.1. The number of carbonyl (C=O) groups excluding carboxylic acids is 7. The van der Waals surface area contributed by atoms with E-state index in [2.05, 4.69) is 0 Å². The topological polar surface area (TPSA) is 355 Å². The van der Waals surface area contributed by atoms with E-state index < -0.39 is 211 Å². The largest absolute Gasteiger partial charge is 0.509 e. The first kappa shape index (κ1) is 97.2. The Morgan fingerprint density at radius 1 is 0.537 bits per heavy atom. The minimum absolute atomic E-state index is 0.0205. The Kier molecular flexibility index (Phi) is 34.4. The third-order valence-corrected chi connectivity index (χ3v) is 25.2. The van der Waals surface area contributed by atoms with Crippen LogP contribution in [0.25, 0.3) is 0 Å². The van der Waals surface area contributed by atoms with E-state index in [1.165, 1.54) is 23.6 Å². The summed E-state index contributed by atoms with van der Waals surface area (Å²) in [6.45, 7) is 28.3. The van der Waals surface area contributed by atoms with Gasteiger partial charge in [0.25, 0.3) is 0 Å². The van der Waals surface area contributed by atoms with Gasteiger partial charge in [-0.05, 0) is 128 Å². The number of nitrogens with zero attached hydrogens (tertiary/aromatic N) is 2. The number of carbonyl (C=O) groups is 7. The summed E-state index contributed by atoms with van der Waals surface area (Å²) in [5.74, 6) is -6.61. The highest BCUT2D eigenvalue weighted by Crippen LogP contribution is 2.51. The van der Waals surface area contributed by atoms with Crippen LogP contribution in [0, 0.1) is 47.3 Å². The summed E-state index contributed by atoms with van der Waals surface area (Å²) in [5.41, 5.74) is -2.32. The van der Waals surface area contributed by atoms with Gasteiger partial charge in [0.1, 0.15) is 50.3 Å². The number of aliphatic hydroxyl groups excluding tert-OH is 3. The van der Waals surface area contributed by atoms with Gasteiger partial charge in [0.05, 0.1) is 95.4 Å². The summed E-state index contributed by atoms with van der Waals surface area (Å²) in [4.78, 5) is 97.3. The molecular formula is C90H126Cl2N2O27. The number of hydrogen-bond acceptors (Lipinski definition) is 27. The Labute approximate surface area is 720 Å². The fourth-order valence-corrected chi connectivity index (χ4v) is 18.6. The molecule has 0 aliphatic carbocycles. The molecule has 0 radical (unpaired) electrons. The molecule has 4 aromatic rings. The van der Waals surface area contributed by atoms with Gasteiger partial charge in [-0.2, -0.15) is 0 Å². The number of halogens is 2. The van der Waals surface area contributed by atoms with Gasteiger partial charge in [0.15, 0.2) is 30.4 Å². The maximum absolute atomic E-state index is 14.0. The minimum atomic E-state index is -1.83. The van der Waals surface area contributed by atoms with Crippen LogP contribution in [0.5, 0.6) is 0 Å². The van der Waals surface area contributed by atoms with Gasteiger partial charge < -0.3 is 106 Å². The van der Waals surface area contributed by atoms with Gasteiger partial charge in [-0.3, -0.25) is 9.59 Å². The smallest absolute Gasteiger partial charge is 0.459 e. The maximum atomic E-state index is 14.0. The van der Waals surface area contributed by atoms with Crippen molar-refractivity contribution in [3.63, 3.8) is 0 Å². The quantitative estimate of drug-likeness (QED) is 0.0342. The fraction of sp³-hybridized carbons (Fsp3) is 0.656. The molecule has 7 saturated heterocycles. The number of likely N-dealkylation sites (N-methyl/N-ethyl adjacent to an activating group) is 2. The second-order valence-corrected chi connectivity index (χ2v) is 35.3. The molecule has 7 aliphatic rings. The molecule has 30 atom stereocenters. The molecule has 2 amide bonds. The minimum Gasteiger partial charge on any atom is -0.459 e. The van der Waals surface area contributed by atoms with Gasteiger partial charge in [-0.15, -0.1) is 23.2 Å². The van der Waals surface area contributed by atoms with Crippen molar-refractivity contribution in [3.8, 4) is 0 Å². The maximum Gasteiger partial charge on any atom is 0.509 e. The van der Waals surface area contributed by atoms with Crippen LogP contribution < -0.4 is 0 Å². The zero-order valence-electron chi connectivity index (χ0n) is 72.7. The highest BCUT2D eigenvalue weighted by atomic mass is 35.5. The Bertz CT molecular complexity index is 3990. The predicted octanol–water partition coefficient (Wildman–Crippen LogP) is 14.1. The van der Waals surface area contributed by atoms with E-state index in [0.717, 1.165) is 22.3 Å². The van der Waals surface area contributed by atoms with Crippen molar-refractivity contribution in [1.82, 2.24) is 9.80 Å². The number of rotatable bonds is 21. The molecule has 672 valence electrons. The molecule has 11 rings (SSSR count). The molecule has 4 aromatic carbocycles. The second kappa shape index (κ2) is 42.8. The Morgan fingerprint density at radius 2 is 0.893 bits per heavy atom. The van der Waals surface area contributed by atoms with E-state index >= 15 is 0 Å². The van der Waals surface area contributed by atoms with Crippen molar-refractivity contribution in [2.75, 3.05) is 19.4 Å². The molecule has 7 fully saturated rings. The fourth-order valence-electron chi connectivity index (χ4n) is 18.6. The van der Waals surface area contributed by atoms with Crippen molar-refractivity contribution >= 4 is 65.8 Å². The number of benzene rings is 4. The van der Waals surface area contributed by atoms with Gasteiger partial charge in [0.2, 0.25) is 0 Å². The third-order valence-electron chi connectivity index (χ3n) is 25.2. The summed E-state index contributed by atoms with van der Waals surface area (Å²) < 4.78 is 98.7. The summed E-state index contributed by atoms with van der Waals surface area (Å²) in [5, 5.41) is 46.6. The van der Waals surface area contributed by atoms with E-state index in [4.69, 9.17) is 99.0 Å². The molecule has 121 heavy (non-hydrogen) atoms. The summed E-state index contributed by atoms with van der Waals surface area (Å²) in [7, 11) is 3.12. The molecule has 0 saturated carbocycles. The standard InChI is InChI=1S/C45H61NO14.C44H63NO13.CH2Cl2/c1-10-33-45(8,60-43(51)55-33)38-29(6)35-25(2)22-44(7,59-35)37(27(4)34(47)28(5)39(48)57-38)58-40-36(56-42(50)53-24-31-19-15-12-16-20-31)32(21-26(3)54-40)46(9)41(49)52-23-30-17-13-11-14-18-30;1-10-33(46)44(8,51)38-29(6)35-25(2)22-43(7,58-35)37(27(4)34(47)28(5)39(48)56-38)57-40-36(55-42(50)53-24-31-19-15-12-16-20-31)32(21-26(3)54-40)45(9)41(49)52-23-30-17-13-11-14-18-30;2-1-3/h11-20,25-29,32-38,40,47H,10,21-24H2,1-9H3;11-20,25-29,32-38,40,46-47,51H,10,21-24H2,1-9H3;1H2/t25?,26?,27-,28+,29-,32?,33+,34-,35?,36?,37+,38+,40-,44-,45+;25?,26?,27-,28+,29-,32?,33+,34-,35?,36?,37+,38+,40-,43-,44+;/m00./s1. The monoisotopic (exact) mass is 1740 g/mol. The van der Waals surface area contributed by atoms with Crippen LogP contribution >= 0.6 is 23.2 Å². The van der Waals surface area contributed by atoms with Crippen LogP contribution in [0.3, 0.4) is 0 Å². The Balaban J connectivity index is 0.000000267. The van der Waals surface area contributed by atoms with Crippen LogP contribution in [0.15, 0.2) is 121 Å². The van der Waals surface area contributed by atoms with Gasteiger partial charge >= 0.3 is 42.6 Å². The lowest BCUT2D eigenvalue weighted by atomic mass is 9.76. The van der Waals surface area contributed by atoms with Crippen molar-refractivity contribution in [2.45, 2.75) is 308 Å².